The summed E-state index contributed by atoms with van der Waals surface area (Å²) in [6.45, 7) is 6.17. The number of carbonyl (C=O) groups is 1. The Morgan fingerprint density at radius 3 is 2.68 bits per heavy atom. The average Bonchev–Trinajstić information content (AvgIpc) is 3.44. The predicted molar refractivity (Wildman–Crippen MR) is 136 cm³/mol. The smallest absolute Gasteiger partial charge is 0.287 e. The van der Waals surface area contributed by atoms with E-state index in [2.05, 4.69) is 25.5 Å². The molecule has 1 amide bonds. The first kappa shape index (κ1) is 25.2. The number of nitrogen functional groups attached to an aromatic ring is 1. The summed E-state index contributed by atoms with van der Waals surface area (Å²) in [5, 5.41) is 12.7. The summed E-state index contributed by atoms with van der Waals surface area (Å²) in [5.41, 5.74) is 6.11. The van der Waals surface area contributed by atoms with Crippen LogP contribution in [0, 0.1) is 4.84 Å². The van der Waals surface area contributed by atoms with Crippen molar-refractivity contribution in [3.8, 4) is 11.5 Å². The number of amides is 1. The van der Waals surface area contributed by atoms with E-state index in [1.807, 2.05) is 13.8 Å². The van der Waals surface area contributed by atoms with Gasteiger partial charge < -0.3 is 15.5 Å². The molecule has 194 valence electrons. The van der Waals surface area contributed by atoms with Gasteiger partial charge in [0.25, 0.3) is 4.84 Å². The van der Waals surface area contributed by atoms with Crippen LogP contribution in [-0.4, -0.2) is 41.4 Å². The number of anilines is 2. The second kappa shape index (κ2) is 8.55. The Kier molecular flexibility index (Phi) is 5.83. The molecule has 3 aromatic heterocycles. The fraction of sp³-hybridized carbons (Fsp3) is 0.391. The van der Waals surface area contributed by atoms with Crippen LogP contribution in [0.25, 0.3) is 22.4 Å². The first-order valence-electron chi connectivity index (χ1n) is 11.4. The third-order valence-electron chi connectivity index (χ3n) is 6.30. The van der Waals surface area contributed by atoms with Crippen molar-refractivity contribution >= 4 is 52.3 Å². The Morgan fingerprint density at radius 1 is 1.30 bits per heavy atom. The van der Waals surface area contributed by atoms with Crippen LogP contribution in [0.15, 0.2) is 22.6 Å². The number of alkyl halides is 2. The standard InChI is InChI=1S/C23H23ClF2N8O2S/c1-10(2)34-21(37)36-20(32-34)23(4)14-16(27)28-18(29-17(14)30-19(23)35)15-12-6-5-11(24)9-13(12)33(31-15)8-7-22(3,25)26/h5-6,9-10H,7-8H2,1-4H3,(H3,27,28,29,30,35). The van der Waals surface area contributed by atoms with Gasteiger partial charge in [0.2, 0.25) is 17.7 Å². The van der Waals surface area contributed by atoms with Gasteiger partial charge in [-0.1, -0.05) is 11.6 Å². The zero-order valence-corrected chi connectivity index (χ0v) is 21.9. The van der Waals surface area contributed by atoms with Crippen LogP contribution in [-0.2, 0) is 16.8 Å². The van der Waals surface area contributed by atoms with Gasteiger partial charge in [-0.3, -0.25) is 9.48 Å². The largest absolute Gasteiger partial charge is 0.412 e. The molecule has 4 aromatic rings. The highest BCUT2D eigenvalue weighted by molar-refractivity contribution is 7.71. The van der Waals surface area contributed by atoms with Crippen LogP contribution in [0.5, 0.6) is 0 Å². The number of carbonyl (C=O) groups excluding carboxylic acids is 1. The number of fused-ring (bicyclic) bond motifs is 2. The second-order valence-corrected chi connectivity index (χ2v) is 10.3. The minimum Gasteiger partial charge on any atom is -0.412 e. The van der Waals surface area contributed by atoms with Crippen molar-refractivity contribution in [2.24, 2.45) is 0 Å². The molecule has 4 heterocycles. The first-order valence-corrected chi connectivity index (χ1v) is 12.2. The zero-order chi connectivity index (χ0) is 26.9. The van der Waals surface area contributed by atoms with Crippen molar-refractivity contribution in [1.29, 1.82) is 0 Å². The van der Waals surface area contributed by atoms with Gasteiger partial charge in [-0.05, 0) is 58.1 Å². The molecule has 0 fully saturated rings. The molecule has 5 rings (SSSR count). The maximum absolute atomic E-state index is 13.6. The Balaban J connectivity index is 1.64. The van der Waals surface area contributed by atoms with Gasteiger partial charge >= 0.3 is 0 Å². The summed E-state index contributed by atoms with van der Waals surface area (Å²) < 4.78 is 35.8. The van der Waals surface area contributed by atoms with E-state index in [-0.39, 0.29) is 40.8 Å². The molecule has 1 aromatic carbocycles. The molecule has 1 atom stereocenters. The van der Waals surface area contributed by atoms with E-state index in [0.29, 0.717) is 27.2 Å². The van der Waals surface area contributed by atoms with Gasteiger partial charge in [0.15, 0.2) is 11.2 Å². The first-order chi connectivity index (χ1) is 17.3. The number of rotatable bonds is 6. The summed E-state index contributed by atoms with van der Waals surface area (Å²) in [6, 6.07) is 4.91. The average molecular weight is 549 g/mol. The van der Waals surface area contributed by atoms with Gasteiger partial charge in [-0.25, -0.2) is 23.4 Å². The molecular formula is C23H23ClF2N8O2S. The minimum atomic E-state index is -2.88. The molecule has 0 radical (unpaired) electrons. The summed E-state index contributed by atoms with van der Waals surface area (Å²) in [4.78, 5) is 22.3. The lowest BCUT2D eigenvalue weighted by Crippen LogP contribution is -2.33. The SMILES string of the molecule is CC(C)n1nc(C2(C)C(=O)Nc3nc(-c4nn(CCC(C)(F)F)c5cc(Cl)ccc45)nc(N)c32)oc1=S. The number of nitrogens with two attached hydrogens (primary N) is 1. The number of aryl methyl sites for hydroxylation is 1. The molecule has 14 heteroatoms. The quantitative estimate of drug-likeness (QED) is 0.317. The summed E-state index contributed by atoms with van der Waals surface area (Å²) in [7, 11) is 0. The number of aromatic nitrogens is 6. The fourth-order valence-corrected chi connectivity index (χ4v) is 4.82. The summed E-state index contributed by atoms with van der Waals surface area (Å²) >= 11 is 11.4. The molecule has 10 nitrogen and oxygen atoms in total. The molecule has 1 aliphatic rings. The van der Waals surface area contributed by atoms with Crippen LogP contribution < -0.4 is 11.1 Å². The molecular weight excluding hydrogens is 526 g/mol. The maximum atomic E-state index is 13.6. The lowest BCUT2D eigenvalue weighted by molar-refractivity contribution is -0.119. The van der Waals surface area contributed by atoms with Crippen molar-refractivity contribution in [3.63, 3.8) is 0 Å². The Hall–Kier alpha value is -3.45. The highest BCUT2D eigenvalue weighted by Gasteiger charge is 2.52. The molecule has 1 aliphatic heterocycles. The van der Waals surface area contributed by atoms with E-state index in [0.717, 1.165) is 6.92 Å². The Bertz CT molecular complexity index is 1620. The van der Waals surface area contributed by atoms with Gasteiger partial charge in [-0.15, -0.1) is 5.10 Å². The molecule has 3 N–H and O–H groups in total. The van der Waals surface area contributed by atoms with Gasteiger partial charge in [0.1, 0.15) is 17.3 Å². The molecule has 0 bridgehead atoms. The van der Waals surface area contributed by atoms with Crippen molar-refractivity contribution in [2.45, 2.75) is 58.0 Å². The number of halogens is 3. The number of benzene rings is 1. The van der Waals surface area contributed by atoms with Crippen LogP contribution in [0.2, 0.25) is 5.02 Å². The van der Waals surface area contributed by atoms with E-state index < -0.39 is 23.7 Å². The topological polar surface area (TPSA) is 130 Å². The highest BCUT2D eigenvalue weighted by atomic mass is 35.5. The summed E-state index contributed by atoms with van der Waals surface area (Å²) in [6.07, 6.45) is -0.422. The Labute approximate surface area is 219 Å². The lowest BCUT2D eigenvalue weighted by Gasteiger charge is -2.18. The van der Waals surface area contributed by atoms with Gasteiger partial charge in [-0.2, -0.15) is 5.10 Å². The van der Waals surface area contributed by atoms with Crippen LogP contribution in [0.3, 0.4) is 0 Å². The number of nitrogens with zero attached hydrogens (tertiary/aromatic N) is 6. The fourth-order valence-electron chi connectivity index (χ4n) is 4.32. The van der Waals surface area contributed by atoms with Crippen LogP contribution in [0.4, 0.5) is 20.4 Å². The molecule has 0 saturated heterocycles. The number of hydrogen-bond donors (Lipinski definition) is 2. The minimum absolute atomic E-state index is 0.0119. The predicted octanol–water partition coefficient (Wildman–Crippen LogP) is 5.13. The Morgan fingerprint density at radius 2 is 2.03 bits per heavy atom. The van der Waals surface area contributed by atoms with Crippen molar-refractivity contribution in [3.05, 3.63) is 39.5 Å². The zero-order valence-electron chi connectivity index (χ0n) is 20.3. The number of nitrogens with one attached hydrogen (secondary N) is 1. The molecule has 1 unspecified atom stereocenters. The normalized spacial score (nSPS) is 17.6. The van der Waals surface area contributed by atoms with E-state index in [1.54, 1.807) is 25.1 Å². The van der Waals surface area contributed by atoms with E-state index in [4.69, 9.17) is 34.0 Å². The molecule has 0 spiro atoms. The lowest BCUT2D eigenvalue weighted by atomic mass is 9.84. The van der Waals surface area contributed by atoms with Gasteiger partial charge in [0, 0.05) is 23.4 Å². The van der Waals surface area contributed by atoms with E-state index >= 15 is 0 Å². The summed E-state index contributed by atoms with van der Waals surface area (Å²) in [5.74, 6) is -2.97. The number of hydrogen-bond acceptors (Lipinski definition) is 8. The van der Waals surface area contributed by atoms with E-state index in [9.17, 15) is 13.6 Å². The van der Waals surface area contributed by atoms with Gasteiger partial charge in [0.05, 0.1) is 17.1 Å². The monoisotopic (exact) mass is 548 g/mol. The van der Waals surface area contributed by atoms with Crippen LogP contribution >= 0.6 is 23.8 Å². The highest BCUT2D eigenvalue weighted by Crippen LogP contribution is 2.45. The third kappa shape index (κ3) is 4.15. The maximum Gasteiger partial charge on any atom is 0.287 e. The molecule has 37 heavy (non-hydrogen) atoms. The molecule has 0 saturated carbocycles. The third-order valence-corrected chi connectivity index (χ3v) is 6.80. The van der Waals surface area contributed by atoms with Crippen LogP contribution in [0.1, 0.15) is 51.6 Å². The second-order valence-electron chi connectivity index (χ2n) is 9.50. The van der Waals surface area contributed by atoms with E-state index in [1.165, 1.54) is 9.36 Å². The van der Waals surface area contributed by atoms with Crippen molar-refractivity contribution in [1.82, 2.24) is 29.5 Å². The van der Waals surface area contributed by atoms with Crippen molar-refractivity contribution < 1.29 is 18.0 Å². The molecule has 0 aliphatic carbocycles. The van der Waals surface area contributed by atoms with Crippen molar-refractivity contribution in [2.75, 3.05) is 11.1 Å².